The normalized spacial score (nSPS) is 10.6. The zero-order valence-electron chi connectivity index (χ0n) is 11.6. The number of pyridine rings is 1. The number of nitrogens with zero attached hydrogens (tertiary/aromatic N) is 1. The highest BCUT2D eigenvalue weighted by atomic mass is 35.5. The number of aromatic nitrogens is 1. The van der Waals surface area contributed by atoms with Crippen LogP contribution in [-0.2, 0) is 6.54 Å². The van der Waals surface area contributed by atoms with Crippen molar-refractivity contribution in [3.63, 3.8) is 0 Å². The molecule has 0 saturated heterocycles. The number of hydrogen-bond donors (Lipinski definition) is 1. The van der Waals surface area contributed by atoms with Crippen LogP contribution in [0.15, 0.2) is 54.9 Å². The van der Waals surface area contributed by atoms with E-state index in [-0.39, 0.29) is 0 Å². The van der Waals surface area contributed by atoms with E-state index in [0.717, 1.165) is 17.6 Å². The number of rotatable bonds is 4. The van der Waals surface area contributed by atoms with Gasteiger partial charge in [-0.2, -0.15) is 0 Å². The fourth-order valence-electron chi connectivity index (χ4n) is 2.32. The number of nitrogens with one attached hydrogen (secondary N) is 1. The Kier molecular flexibility index (Phi) is 3.93. The molecule has 0 bridgehead atoms. The van der Waals surface area contributed by atoms with E-state index in [9.17, 15) is 0 Å². The maximum absolute atomic E-state index is 6.13. The molecule has 0 unspecified atom stereocenters. The average Bonchev–Trinajstić information content (AvgIpc) is 2.53. The highest BCUT2D eigenvalue weighted by Gasteiger charge is 2.03. The number of ether oxygens (including phenoxy) is 1. The first kappa shape index (κ1) is 13.7. The van der Waals surface area contributed by atoms with Crippen LogP contribution in [0.2, 0.25) is 5.02 Å². The van der Waals surface area contributed by atoms with Crippen molar-refractivity contribution in [2.45, 2.75) is 6.54 Å². The molecule has 1 N–H and O–H groups in total. The zero-order valence-corrected chi connectivity index (χ0v) is 12.4. The predicted molar refractivity (Wildman–Crippen MR) is 87.1 cm³/mol. The lowest BCUT2D eigenvalue weighted by Crippen LogP contribution is -2.00. The molecule has 106 valence electrons. The lowest BCUT2D eigenvalue weighted by atomic mass is 10.1. The van der Waals surface area contributed by atoms with E-state index in [1.54, 1.807) is 7.11 Å². The Labute approximate surface area is 128 Å². The first-order valence-corrected chi connectivity index (χ1v) is 7.05. The Hall–Kier alpha value is -2.26. The molecular formula is C17H15ClN2O. The Morgan fingerprint density at radius 3 is 2.90 bits per heavy atom. The van der Waals surface area contributed by atoms with Gasteiger partial charge >= 0.3 is 0 Å². The van der Waals surface area contributed by atoms with Gasteiger partial charge in [-0.15, -0.1) is 0 Å². The maximum Gasteiger partial charge on any atom is 0.137 e. The smallest absolute Gasteiger partial charge is 0.137 e. The van der Waals surface area contributed by atoms with Crippen LogP contribution in [0.25, 0.3) is 10.8 Å². The van der Waals surface area contributed by atoms with Gasteiger partial charge in [0.15, 0.2) is 0 Å². The average molecular weight is 299 g/mol. The van der Waals surface area contributed by atoms with E-state index in [1.807, 2.05) is 42.7 Å². The molecule has 4 heteroatoms. The quantitative estimate of drug-likeness (QED) is 0.769. The summed E-state index contributed by atoms with van der Waals surface area (Å²) in [4.78, 5) is 4.15. The molecular weight excluding hydrogens is 284 g/mol. The minimum absolute atomic E-state index is 0.601. The first-order valence-electron chi connectivity index (χ1n) is 6.67. The topological polar surface area (TPSA) is 34.1 Å². The van der Waals surface area contributed by atoms with Crippen LogP contribution in [0.1, 0.15) is 5.56 Å². The van der Waals surface area contributed by atoms with Gasteiger partial charge < -0.3 is 10.1 Å². The second-order valence-electron chi connectivity index (χ2n) is 4.72. The molecule has 3 aromatic rings. The van der Waals surface area contributed by atoms with Crippen LogP contribution < -0.4 is 10.1 Å². The molecule has 3 rings (SSSR count). The monoisotopic (exact) mass is 298 g/mol. The van der Waals surface area contributed by atoms with E-state index in [1.165, 1.54) is 10.9 Å². The SMILES string of the molecule is COc1ccc(NCc2cccc3cnccc23)cc1Cl. The molecule has 3 nitrogen and oxygen atoms in total. The number of halogens is 1. The van der Waals surface area contributed by atoms with Gasteiger partial charge in [-0.25, -0.2) is 0 Å². The van der Waals surface area contributed by atoms with E-state index < -0.39 is 0 Å². The second kappa shape index (κ2) is 6.02. The molecule has 2 aromatic carbocycles. The molecule has 0 amide bonds. The van der Waals surface area contributed by atoms with Crippen LogP contribution >= 0.6 is 11.6 Å². The molecule has 0 aliphatic heterocycles. The number of fused-ring (bicyclic) bond motifs is 1. The minimum atomic E-state index is 0.601. The standard InChI is InChI=1S/C17H15ClN2O/c1-21-17-6-5-14(9-16(17)18)20-11-13-4-2-3-12-10-19-8-7-15(12)13/h2-10,20H,11H2,1H3. The van der Waals surface area contributed by atoms with Gasteiger partial charge in [-0.3, -0.25) is 4.98 Å². The van der Waals surface area contributed by atoms with E-state index in [0.29, 0.717) is 10.8 Å². The van der Waals surface area contributed by atoms with Crippen molar-refractivity contribution in [2.75, 3.05) is 12.4 Å². The van der Waals surface area contributed by atoms with Crippen molar-refractivity contribution in [3.05, 3.63) is 65.4 Å². The van der Waals surface area contributed by atoms with Crippen LogP contribution in [0.4, 0.5) is 5.69 Å². The molecule has 1 aromatic heterocycles. The lowest BCUT2D eigenvalue weighted by Gasteiger charge is -2.11. The van der Waals surface area contributed by atoms with Gasteiger partial charge in [0.1, 0.15) is 5.75 Å². The summed E-state index contributed by atoms with van der Waals surface area (Å²) in [6.07, 6.45) is 3.69. The second-order valence-corrected chi connectivity index (χ2v) is 5.12. The molecule has 1 heterocycles. The van der Waals surface area contributed by atoms with E-state index in [2.05, 4.69) is 22.4 Å². The maximum atomic E-state index is 6.13. The van der Waals surface area contributed by atoms with Gasteiger partial charge in [0, 0.05) is 30.0 Å². The fraction of sp³-hybridized carbons (Fsp3) is 0.118. The highest BCUT2D eigenvalue weighted by Crippen LogP contribution is 2.27. The molecule has 0 aliphatic rings. The number of anilines is 1. The summed E-state index contributed by atoms with van der Waals surface area (Å²) in [5.41, 5.74) is 2.19. The third kappa shape index (κ3) is 2.93. The van der Waals surface area contributed by atoms with Gasteiger partial charge in [-0.05, 0) is 35.2 Å². The van der Waals surface area contributed by atoms with Crippen molar-refractivity contribution in [2.24, 2.45) is 0 Å². The Bertz CT molecular complexity index is 768. The third-order valence-corrected chi connectivity index (χ3v) is 3.70. The zero-order chi connectivity index (χ0) is 14.7. The van der Waals surface area contributed by atoms with Crippen LogP contribution in [0, 0.1) is 0 Å². The number of hydrogen-bond acceptors (Lipinski definition) is 3. The van der Waals surface area contributed by atoms with Crippen molar-refractivity contribution in [1.82, 2.24) is 4.98 Å². The lowest BCUT2D eigenvalue weighted by molar-refractivity contribution is 0.415. The summed E-state index contributed by atoms with van der Waals surface area (Å²) in [5, 5.41) is 6.34. The Balaban J connectivity index is 1.82. The van der Waals surface area contributed by atoms with Gasteiger partial charge in [0.25, 0.3) is 0 Å². The summed E-state index contributed by atoms with van der Waals surface area (Å²) in [6.45, 7) is 0.726. The van der Waals surface area contributed by atoms with E-state index in [4.69, 9.17) is 16.3 Å². The van der Waals surface area contributed by atoms with Crippen molar-refractivity contribution >= 4 is 28.1 Å². The molecule has 0 saturated carbocycles. The molecule has 21 heavy (non-hydrogen) atoms. The molecule has 0 atom stereocenters. The van der Waals surface area contributed by atoms with Crippen LogP contribution in [0.5, 0.6) is 5.75 Å². The van der Waals surface area contributed by atoms with Gasteiger partial charge in [0.2, 0.25) is 0 Å². The first-order chi connectivity index (χ1) is 10.3. The Morgan fingerprint density at radius 1 is 1.19 bits per heavy atom. The number of methoxy groups -OCH3 is 1. The van der Waals surface area contributed by atoms with Crippen LogP contribution in [0.3, 0.4) is 0 Å². The van der Waals surface area contributed by atoms with Crippen molar-refractivity contribution < 1.29 is 4.74 Å². The summed E-state index contributed by atoms with van der Waals surface area (Å²) < 4.78 is 5.15. The van der Waals surface area contributed by atoms with Crippen molar-refractivity contribution in [3.8, 4) is 5.75 Å². The third-order valence-electron chi connectivity index (χ3n) is 3.41. The summed E-state index contributed by atoms with van der Waals surface area (Å²) in [6, 6.07) is 13.9. The predicted octanol–water partition coefficient (Wildman–Crippen LogP) is 4.51. The summed E-state index contributed by atoms with van der Waals surface area (Å²) in [7, 11) is 1.61. The van der Waals surface area contributed by atoms with Crippen molar-refractivity contribution in [1.29, 1.82) is 0 Å². The minimum Gasteiger partial charge on any atom is -0.495 e. The molecule has 0 spiro atoms. The largest absolute Gasteiger partial charge is 0.495 e. The highest BCUT2D eigenvalue weighted by molar-refractivity contribution is 6.32. The molecule has 0 radical (unpaired) electrons. The number of benzene rings is 2. The van der Waals surface area contributed by atoms with Gasteiger partial charge in [-0.1, -0.05) is 29.8 Å². The molecule has 0 fully saturated rings. The summed E-state index contributed by atoms with van der Waals surface area (Å²) in [5.74, 6) is 0.679. The Morgan fingerprint density at radius 2 is 2.10 bits per heavy atom. The van der Waals surface area contributed by atoms with Crippen LogP contribution in [-0.4, -0.2) is 12.1 Å². The van der Waals surface area contributed by atoms with Gasteiger partial charge in [0.05, 0.1) is 12.1 Å². The molecule has 0 aliphatic carbocycles. The summed E-state index contributed by atoms with van der Waals surface area (Å²) >= 11 is 6.13. The fourth-order valence-corrected chi connectivity index (χ4v) is 2.58. The van der Waals surface area contributed by atoms with E-state index >= 15 is 0 Å².